The van der Waals surface area contributed by atoms with Crippen LogP contribution in [0.4, 0.5) is 0 Å². The van der Waals surface area contributed by atoms with Gasteiger partial charge in [0.15, 0.2) is 0 Å². The fourth-order valence-corrected chi connectivity index (χ4v) is 2.32. The lowest BCUT2D eigenvalue weighted by atomic mass is 9.75. The molecule has 2 heteroatoms. The molecule has 0 saturated heterocycles. The smallest absolute Gasteiger partial charge is 0.0327 e. The molecule has 1 rings (SSSR count). The third kappa shape index (κ3) is 3.76. The summed E-state index contributed by atoms with van der Waals surface area (Å²) in [5.41, 5.74) is 0.484. The van der Waals surface area contributed by atoms with Gasteiger partial charge in [0.05, 0.1) is 0 Å². The molecule has 1 saturated carbocycles. The number of rotatable bonds is 7. The Balaban J connectivity index is 2.08. The van der Waals surface area contributed by atoms with E-state index in [4.69, 9.17) is 0 Å². The maximum absolute atomic E-state index is 3.62. The summed E-state index contributed by atoms with van der Waals surface area (Å²) in [6, 6.07) is 0. The minimum absolute atomic E-state index is 0.484. The minimum atomic E-state index is 0.484. The highest BCUT2D eigenvalue weighted by Crippen LogP contribution is 2.35. The lowest BCUT2D eigenvalue weighted by Gasteiger charge is -2.47. The molecule has 1 fully saturated rings. The van der Waals surface area contributed by atoms with Crippen LogP contribution in [0.2, 0.25) is 0 Å². The van der Waals surface area contributed by atoms with Crippen LogP contribution in [0.1, 0.15) is 46.0 Å². The summed E-state index contributed by atoms with van der Waals surface area (Å²) in [5, 5.41) is 3.62. The van der Waals surface area contributed by atoms with Crippen LogP contribution in [0.5, 0.6) is 0 Å². The molecule has 0 aliphatic heterocycles. The Morgan fingerprint density at radius 1 is 1.27 bits per heavy atom. The van der Waals surface area contributed by atoms with Crippen molar-refractivity contribution >= 4 is 0 Å². The zero-order valence-electron chi connectivity index (χ0n) is 11.0. The molecule has 0 aromatic carbocycles. The van der Waals surface area contributed by atoms with Gasteiger partial charge in [-0.25, -0.2) is 0 Å². The van der Waals surface area contributed by atoms with Gasteiger partial charge in [-0.2, -0.15) is 0 Å². The Kier molecular flexibility index (Phi) is 5.07. The standard InChI is InChI=1S/C13H28N2/c1-12(2)7-5-10-14-11-13(15(3)4)8-6-9-13/h12,14H,5-11H2,1-4H3. The van der Waals surface area contributed by atoms with Crippen molar-refractivity contribution < 1.29 is 0 Å². The summed E-state index contributed by atoms with van der Waals surface area (Å²) < 4.78 is 0. The van der Waals surface area contributed by atoms with E-state index in [1.165, 1.54) is 45.2 Å². The fraction of sp³-hybridized carbons (Fsp3) is 1.00. The average molecular weight is 212 g/mol. The van der Waals surface area contributed by atoms with Crippen molar-refractivity contribution in [1.29, 1.82) is 0 Å². The van der Waals surface area contributed by atoms with E-state index in [-0.39, 0.29) is 0 Å². The summed E-state index contributed by atoms with van der Waals surface area (Å²) in [5.74, 6) is 0.846. The highest BCUT2D eigenvalue weighted by molar-refractivity contribution is 4.97. The highest BCUT2D eigenvalue weighted by Gasteiger charge is 2.38. The van der Waals surface area contributed by atoms with Crippen molar-refractivity contribution in [2.24, 2.45) is 5.92 Å². The maximum Gasteiger partial charge on any atom is 0.0327 e. The second-order valence-corrected chi connectivity index (χ2v) is 5.69. The van der Waals surface area contributed by atoms with Crippen LogP contribution in [0, 0.1) is 5.92 Å². The fourth-order valence-electron chi connectivity index (χ4n) is 2.32. The lowest BCUT2D eigenvalue weighted by Crippen LogP contribution is -2.56. The van der Waals surface area contributed by atoms with Crippen LogP contribution >= 0.6 is 0 Å². The van der Waals surface area contributed by atoms with E-state index >= 15 is 0 Å². The summed E-state index contributed by atoms with van der Waals surface area (Å²) >= 11 is 0. The molecule has 15 heavy (non-hydrogen) atoms. The Hall–Kier alpha value is -0.0800. The van der Waals surface area contributed by atoms with Gasteiger partial charge >= 0.3 is 0 Å². The van der Waals surface area contributed by atoms with Gasteiger partial charge in [0.25, 0.3) is 0 Å². The number of likely N-dealkylation sites (N-methyl/N-ethyl adjacent to an activating group) is 1. The minimum Gasteiger partial charge on any atom is -0.315 e. The first-order valence-electron chi connectivity index (χ1n) is 6.45. The Morgan fingerprint density at radius 3 is 2.33 bits per heavy atom. The van der Waals surface area contributed by atoms with E-state index in [0.29, 0.717) is 5.54 Å². The highest BCUT2D eigenvalue weighted by atomic mass is 15.2. The van der Waals surface area contributed by atoms with Gasteiger partial charge in [0, 0.05) is 12.1 Å². The van der Waals surface area contributed by atoms with Crippen molar-refractivity contribution in [1.82, 2.24) is 10.2 Å². The molecule has 0 aromatic rings. The van der Waals surface area contributed by atoms with Crippen molar-refractivity contribution in [3.8, 4) is 0 Å². The second kappa shape index (κ2) is 5.86. The quantitative estimate of drug-likeness (QED) is 0.652. The van der Waals surface area contributed by atoms with Crippen LogP contribution in [0.3, 0.4) is 0 Å². The summed E-state index contributed by atoms with van der Waals surface area (Å²) in [7, 11) is 4.43. The zero-order valence-corrected chi connectivity index (χ0v) is 11.0. The summed E-state index contributed by atoms with van der Waals surface area (Å²) in [4.78, 5) is 2.41. The van der Waals surface area contributed by atoms with Gasteiger partial charge < -0.3 is 10.2 Å². The van der Waals surface area contributed by atoms with Crippen molar-refractivity contribution in [2.75, 3.05) is 27.2 Å². The van der Waals surface area contributed by atoms with Crippen LogP contribution in [-0.2, 0) is 0 Å². The molecule has 0 unspecified atom stereocenters. The van der Waals surface area contributed by atoms with Gasteiger partial charge in [-0.3, -0.25) is 0 Å². The number of nitrogens with zero attached hydrogens (tertiary/aromatic N) is 1. The topological polar surface area (TPSA) is 15.3 Å². The van der Waals surface area contributed by atoms with Gasteiger partial charge in [0.2, 0.25) is 0 Å². The van der Waals surface area contributed by atoms with Crippen LogP contribution < -0.4 is 5.32 Å². The number of hydrogen-bond acceptors (Lipinski definition) is 2. The molecule has 1 N–H and O–H groups in total. The van der Waals surface area contributed by atoms with E-state index in [2.05, 4.69) is 38.2 Å². The molecule has 0 amide bonds. The Bertz CT molecular complexity index is 171. The first-order valence-corrected chi connectivity index (χ1v) is 6.45. The normalized spacial score (nSPS) is 19.6. The van der Waals surface area contributed by atoms with E-state index in [1.54, 1.807) is 0 Å². The van der Waals surface area contributed by atoms with E-state index in [9.17, 15) is 0 Å². The maximum atomic E-state index is 3.62. The molecular weight excluding hydrogens is 184 g/mol. The predicted octanol–water partition coefficient (Wildman–Crippen LogP) is 2.50. The summed E-state index contributed by atoms with van der Waals surface area (Å²) in [6.45, 7) is 6.96. The number of nitrogens with one attached hydrogen (secondary N) is 1. The molecule has 0 radical (unpaired) electrons. The number of hydrogen-bond donors (Lipinski definition) is 1. The molecular formula is C13H28N2. The third-order valence-electron chi connectivity index (χ3n) is 3.82. The van der Waals surface area contributed by atoms with Crippen LogP contribution in [-0.4, -0.2) is 37.6 Å². The zero-order chi connectivity index (χ0) is 11.3. The lowest BCUT2D eigenvalue weighted by molar-refractivity contribution is 0.0602. The molecule has 0 bridgehead atoms. The monoisotopic (exact) mass is 212 g/mol. The molecule has 1 aliphatic rings. The third-order valence-corrected chi connectivity index (χ3v) is 3.82. The van der Waals surface area contributed by atoms with Crippen molar-refractivity contribution in [3.05, 3.63) is 0 Å². The van der Waals surface area contributed by atoms with E-state index in [1.807, 2.05) is 0 Å². The van der Waals surface area contributed by atoms with Gasteiger partial charge in [-0.1, -0.05) is 13.8 Å². The first kappa shape index (κ1) is 13.0. The Labute approximate surface area is 95.4 Å². The molecule has 0 aromatic heterocycles. The molecule has 0 heterocycles. The predicted molar refractivity (Wildman–Crippen MR) is 67.2 cm³/mol. The largest absolute Gasteiger partial charge is 0.315 e. The molecule has 90 valence electrons. The first-order chi connectivity index (χ1) is 7.07. The van der Waals surface area contributed by atoms with E-state index in [0.717, 1.165) is 5.92 Å². The molecule has 2 nitrogen and oxygen atoms in total. The Morgan fingerprint density at radius 2 is 1.93 bits per heavy atom. The molecule has 0 spiro atoms. The van der Waals surface area contributed by atoms with Crippen molar-refractivity contribution in [2.45, 2.75) is 51.5 Å². The van der Waals surface area contributed by atoms with Gasteiger partial charge in [0.1, 0.15) is 0 Å². The van der Waals surface area contributed by atoms with E-state index < -0.39 is 0 Å². The summed E-state index contributed by atoms with van der Waals surface area (Å²) in [6.07, 6.45) is 6.82. The van der Waals surface area contributed by atoms with Crippen LogP contribution in [0.15, 0.2) is 0 Å². The van der Waals surface area contributed by atoms with Gasteiger partial charge in [-0.05, 0) is 58.7 Å². The van der Waals surface area contributed by atoms with Crippen molar-refractivity contribution in [3.63, 3.8) is 0 Å². The average Bonchev–Trinajstić information content (AvgIpc) is 2.06. The SMILES string of the molecule is CC(C)CCCNCC1(N(C)C)CCC1. The molecule has 1 aliphatic carbocycles. The second-order valence-electron chi connectivity index (χ2n) is 5.69. The van der Waals surface area contributed by atoms with Gasteiger partial charge in [-0.15, -0.1) is 0 Å². The molecule has 0 atom stereocenters. The van der Waals surface area contributed by atoms with Crippen LogP contribution in [0.25, 0.3) is 0 Å².